The van der Waals surface area contributed by atoms with E-state index in [0.29, 0.717) is 18.9 Å². The third-order valence-corrected chi connectivity index (χ3v) is 3.91. The standard InChI is InChI=1S/C14H27N3O3/c1-3-11(4-5-13(18)19)6-8-15-14(20)16-12-7-9-17(2)10-12/h11-12H,3-10H2,1-2H3,(H,18,19)(H2,15,16,20). The minimum atomic E-state index is -0.750. The molecule has 0 bridgehead atoms. The molecule has 0 spiro atoms. The summed E-state index contributed by atoms with van der Waals surface area (Å²) in [4.78, 5) is 24.4. The summed E-state index contributed by atoms with van der Waals surface area (Å²) in [5.41, 5.74) is 0. The number of likely N-dealkylation sites (tertiary alicyclic amines) is 1. The number of amides is 2. The minimum absolute atomic E-state index is 0.113. The van der Waals surface area contributed by atoms with E-state index in [4.69, 9.17) is 5.11 Å². The first-order chi connectivity index (χ1) is 9.51. The largest absolute Gasteiger partial charge is 0.481 e. The number of carboxylic acid groups (broad SMARTS) is 1. The van der Waals surface area contributed by atoms with Crippen LogP contribution >= 0.6 is 0 Å². The number of nitrogens with one attached hydrogen (secondary N) is 2. The van der Waals surface area contributed by atoms with Gasteiger partial charge in [-0.1, -0.05) is 13.3 Å². The quantitative estimate of drug-likeness (QED) is 0.627. The number of carboxylic acids is 1. The Labute approximate surface area is 120 Å². The van der Waals surface area contributed by atoms with Gasteiger partial charge in [-0.15, -0.1) is 0 Å². The SMILES string of the molecule is CCC(CCNC(=O)NC1CCN(C)C1)CCC(=O)O. The summed E-state index contributed by atoms with van der Waals surface area (Å²) in [5, 5.41) is 14.5. The molecule has 3 N–H and O–H groups in total. The Morgan fingerprint density at radius 1 is 1.40 bits per heavy atom. The molecular weight excluding hydrogens is 258 g/mol. The first-order valence-corrected chi connectivity index (χ1v) is 7.46. The predicted octanol–water partition coefficient (Wildman–Crippen LogP) is 1.27. The van der Waals surface area contributed by atoms with Crippen molar-refractivity contribution in [2.75, 3.05) is 26.7 Å². The average molecular weight is 285 g/mol. The maximum Gasteiger partial charge on any atom is 0.315 e. The highest BCUT2D eigenvalue weighted by molar-refractivity contribution is 5.74. The molecular formula is C14H27N3O3. The van der Waals surface area contributed by atoms with E-state index < -0.39 is 5.97 Å². The highest BCUT2D eigenvalue weighted by Gasteiger charge is 2.20. The lowest BCUT2D eigenvalue weighted by molar-refractivity contribution is -0.137. The maximum atomic E-state index is 11.7. The normalized spacial score (nSPS) is 20.6. The van der Waals surface area contributed by atoms with Gasteiger partial charge in [-0.25, -0.2) is 4.79 Å². The van der Waals surface area contributed by atoms with Crippen molar-refractivity contribution >= 4 is 12.0 Å². The van der Waals surface area contributed by atoms with Gasteiger partial charge < -0.3 is 20.6 Å². The number of nitrogens with zero attached hydrogens (tertiary/aromatic N) is 1. The molecule has 1 rings (SSSR count). The lowest BCUT2D eigenvalue weighted by atomic mass is 9.97. The van der Waals surface area contributed by atoms with Crippen LogP contribution < -0.4 is 10.6 Å². The van der Waals surface area contributed by atoms with Crippen LogP contribution in [0.15, 0.2) is 0 Å². The Morgan fingerprint density at radius 2 is 2.15 bits per heavy atom. The van der Waals surface area contributed by atoms with E-state index in [9.17, 15) is 9.59 Å². The van der Waals surface area contributed by atoms with Gasteiger partial charge in [0.05, 0.1) is 0 Å². The molecule has 2 amide bonds. The molecule has 1 heterocycles. The Balaban J connectivity index is 2.12. The number of carbonyl (C=O) groups is 2. The van der Waals surface area contributed by atoms with Crippen LogP contribution in [0, 0.1) is 5.92 Å². The lowest BCUT2D eigenvalue weighted by Crippen LogP contribution is -2.43. The summed E-state index contributed by atoms with van der Waals surface area (Å²) >= 11 is 0. The average Bonchev–Trinajstić information content (AvgIpc) is 2.78. The second-order valence-corrected chi connectivity index (χ2v) is 5.64. The van der Waals surface area contributed by atoms with Gasteiger partial charge in [0, 0.05) is 25.6 Å². The van der Waals surface area contributed by atoms with Gasteiger partial charge in [0.2, 0.25) is 0 Å². The van der Waals surface area contributed by atoms with Crippen LogP contribution in [0.4, 0.5) is 4.79 Å². The number of urea groups is 1. The summed E-state index contributed by atoms with van der Waals surface area (Å²) in [7, 11) is 2.05. The summed E-state index contributed by atoms with van der Waals surface area (Å²) in [6.45, 7) is 4.59. The van der Waals surface area contributed by atoms with Crippen LogP contribution in [0.1, 0.15) is 39.0 Å². The fourth-order valence-electron chi connectivity index (χ4n) is 2.56. The number of carbonyl (C=O) groups excluding carboxylic acids is 1. The van der Waals surface area contributed by atoms with E-state index in [0.717, 1.165) is 32.4 Å². The monoisotopic (exact) mass is 285 g/mol. The second kappa shape index (κ2) is 8.79. The molecule has 0 aromatic rings. The smallest absolute Gasteiger partial charge is 0.315 e. The molecule has 0 aromatic carbocycles. The Morgan fingerprint density at radius 3 is 2.70 bits per heavy atom. The highest BCUT2D eigenvalue weighted by atomic mass is 16.4. The molecule has 6 nitrogen and oxygen atoms in total. The number of hydrogen-bond donors (Lipinski definition) is 3. The number of hydrogen-bond acceptors (Lipinski definition) is 3. The summed E-state index contributed by atoms with van der Waals surface area (Å²) in [6, 6.07) is 0.132. The van der Waals surface area contributed by atoms with Gasteiger partial charge in [0.25, 0.3) is 0 Å². The van der Waals surface area contributed by atoms with Crippen molar-refractivity contribution in [3.63, 3.8) is 0 Å². The van der Waals surface area contributed by atoms with Crippen molar-refractivity contribution in [1.82, 2.24) is 15.5 Å². The Hall–Kier alpha value is -1.30. The van der Waals surface area contributed by atoms with Crippen molar-refractivity contribution in [3.8, 4) is 0 Å². The maximum absolute atomic E-state index is 11.7. The topological polar surface area (TPSA) is 81.7 Å². The van der Waals surface area contributed by atoms with E-state index >= 15 is 0 Å². The Kier molecular flexibility index (Phi) is 7.36. The van der Waals surface area contributed by atoms with Crippen LogP contribution in [0.25, 0.3) is 0 Å². The van der Waals surface area contributed by atoms with E-state index in [1.165, 1.54) is 0 Å². The zero-order valence-electron chi connectivity index (χ0n) is 12.5. The van der Waals surface area contributed by atoms with Crippen molar-refractivity contribution in [3.05, 3.63) is 0 Å². The zero-order chi connectivity index (χ0) is 15.0. The van der Waals surface area contributed by atoms with Crippen molar-refractivity contribution in [2.24, 2.45) is 5.92 Å². The van der Waals surface area contributed by atoms with Crippen LogP contribution in [-0.4, -0.2) is 54.7 Å². The predicted molar refractivity (Wildman–Crippen MR) is 77.7 cm³/mol. The molecule has 0 radical (unpaired) electrons. The van der Waals surface area contributed by atoms with Crippen LogP contribution in [0.3, 0.4) is 0 Å². The van der Waals surface area contributed by atoms with Crippen molar-refractivity contribution in [2.45, 2.75) is 45.1 Å². The molecule has 116 valence electrons. The fraction of sp³-hybridized carbons (Fsp3) is 0.857. The van der Waals surface area contributed by atoms with Crippen LogP contribution in [-0.2, 0) is 4.79 Å². The van der Waals surface area contributed by atoms with Gasteiger partial charge in [-0.05, 0) is 38.8 Å². The molecule has 1 aliphatic heterocycles. The number of aliphatic carboxylic acids is 1. The first kappa shape index (κ1) is 16.8. The molecule has 0 aromatic heterocycles. The second-order valence-electron chi connectivity index (χ2n) is 5.64. The van der Waals surface area contributed by atoms with Crippen molar-refractivity contribution < 1.29 is 14.7 Å². The minimum Gasteiger partial charge on any atom is -0.481 e. The molecule has 2 atom stereocenters. The fourth-order valence-corrected chi connectivity index (χ4v) is 2.56. The highest BCUT2D eigenvalue weighted by Crippen LogP contribution is 2.14. The molecule has 0 aliphatic carbocycles. The van der Waals surface area contributed by atoms with Gasteiger partial charge in [-0.2, -0.15) is 0 Å². The van der Waals surface area contributed by atoms with Gasteiger partial charge in [-0.3, -0.25) is 4.79 Å². The summed E-state index contributed by atoms with van der Waals surface area (Å²) in [6.07, 6.45) is 3.67. The van der Waals surface area contributed by atoms with E-state index in [1.54, 1.807) is 0 Å². The van der Waals surface area contributed by atoms with E-state index in [1.807, 2.05) is 7.05 Å². The molecule has 1 aliphatic rings. The van der Waals surface area contributed by atoms with E-state index in [2.05, 4.69) is 22.5 Å². The molecule has 0 saturated carbocycles. The van der Waals surface area contributed by atoms with Crippen LogP contribution in [0.2, 0.25) is 0 Å². The lowest BCUT2D eigenvalue weighted by Gasteiger charge is -2.16. The molecule has 2 unspecified atom stereocenters. The molecule has 1 saturated heterocycles. The number of likely N-dealkylation sites (N-methyl/N-ethyl adjacent to an activating group) is 1. The summed E-state index contributed by atoms with van der Waals surface area (Å²) < 4.78 is 0. The van der Waals surface area contributed by atoms with Gasteiger partial charge >= 0.3 is 12.0 Å². The Bertz CT molecular complexity index is 323. The zero-order valence-corrected chi connectivity index (χ0v) is 12.5. The van der Waals surface area contributed by atoms with E-state index in [-0.39, 0.29) is 18.5 Å². The molecule has 6 heteroatoms. The number of rotatable bonds is 8. The third kappa shape index (κ3) is 6.75. The van der Waals surface area contributed by atoms with Gasteiger partial charge in [0.1, 0.15) is 0 Å². The third-order valence-electron chi connectivity index (χ3n) is 3.91. The molecule has 1 fully saturated rings. The van der Waals surface area contributed by atoms with Crippen LogP contribution in [0.5, 0.6) is 0 Å². The molecule has 20 heavy (non-hydrogen) atoms. The first-order valence-electron chi connectivity index (χ1n) is 7.46. The summed E-state index contributed by atoms with van der Waals surface area (Å²) in [5.74, 6) is -0.386. The van der Waals surface area contributed by atoms with Gasteiger partial charge in [0.15, 0.2) is 0 Å². The van der Waals surface area contributed by atoms with Crippen molar-refractivity contribution in [1.29, 1.82) is 0 Å².